The lowest BCUT2D eigenvalue weighted by Crippen LogP contribution is -2.14. The molecule has 0 radical (unpaired) electrons. The molecule has 0 saturated carbocycles. The average molecular weight is 462 g/mol. The Morgan fingerprint density at radius 3 is 2.71 bits per heavy atom. The van der Waals surface area contributed by atoms with Gasteiger partial charge in [-0.05, 0) is 83.0 Å². The molecule has 2 aromatic carbocycles. The summed E-state index contributed by atoms with van der Waals surface area (Å²) in [6.45, 7) is 6.96. The fourth-order valence-electron chi connectivity index (χ4n) is 4.85. The lowest BCUT2D eigenvalue weighted by Gasteiger charge is -2.25. The van der Waals surface area contributed by atoms with E-state index in [-0.39, 0.29) is 23.6 Å². The number of ether oxygens (including phenoxy) is 1. The predicted molar refractivity (Wildman–Crippen MR) is 131 cm³/mol. The highest BCUT2D eigenvalue weighted by Crippen LogP contribution is 2.36. The zero-order valence-corrected chi connectivity index (χ0v) is 20.1. The van der Waals surface area contributed by atoms with Crippen LogP contribution in [0, 0.1) is 11.2 Å². The zero-order chi connectivity index (χ0) is 24.3. The number of hydrogen-bond donors (Lipinski definition) is 1. The van der Waals surface area contributed by atoms with E-state index in [1.807, 2.05) is 24.3 Å². The van der Waals surface area contributed by atoms with Crippen molar-refractivity contribution < 1.29 is 19.0 Å². The van der Waals surface area contributed by atoms with Crippen LogP contribution in [0.4, 0.5) is 4.39 Å². The smallest absolute Gasteiger partial charge is 0.303 e. The molecule has 1 heterocycles. The number of rotatable bonds is 7. The molecule has 5 heteroatoms. The van der Waals surface area contributed by atoms with Crippen molar-refractivity contribution in [1.29, 1.82) is 0 Å². The van der Waals surface area contributed by atoms with Gasteiger partial charge in [-0.3, -0.25) is 9.78 Å². The largest absolute Gasteiger partial charge is 0.489 e. The fourth-order valence-corrected chi connectivity index (χ4v) is 4.85. The van der Waals surface area contributed by atoms with Gasteiger partial charge in [-0.25, -0.2) is 4.39 Å². The van der Waals surface area contributed by atoms with Gasteiger partial charge in [0.2, 0.25) is 0 Å². The number of pyridine rings is 1. The molecule has 1 aliphatic carbocycles. The maximum absolute atomic E-state index is 13.8. The van der Waals surface area contributed by atoms with Gasteiger partial charge in [0, 0.05) is 11.8 Å². The highest BCUT2D eigenvalue weighted by molar-refractivity contribution is 5.68. The van der Waals surface area contributed by atoms with Crippen LogP contribution in [0.2, 0.25) is 0 Å². The molecule has 0 fully saturated rings. The molecular formula is C29H32FNO3. The van der Waals surface area contributed by atoms with Crippen molar-refractivity contribution in [3.8, 4) is 16.9 Å². The second-order valence-corrected chi connectivity index (χ2v) is 10.5. The van der Waals surface area contributed by atoms with Crippen LogP contribution in [0.1, 0.15) is 68.2 Å². The Bertz CT molecular complexity index is 1180. The summed E-state index contributed by atoms with van der Waals surface area (Å²) in [7, 11) is 0. The second kappa shape index (κ2) is 9.96. The molecule has 0 saturated heterocycles. The number of halogens is 1. The molecule has 0 amide bonds. The number of nitrogens with zero attached hydrogens (tertiary/aromatic N) is 1. The maximum atomic E-state index is 13.8. The van der Waals surface area contributed by atoms with Crippen molar-refractivity contribution in [1.82, 2.24) is 4.98 Å². The molecule has 178 valence electrons. The Labute approximate surface area is 200 Å². The zero-order valence-electron chi connectivity index (χ0n) is 20.1. The first kappa shape index (κ1) is 23.9. The van der Waals surface area contributed by atoms with E-state index < -0.39 is 5.97 Å². The summed E-state index contributed by atoms with van der Waals surface area (Å²) in [4.78, 5) is 15.3. The van der Waals surface area contributed by atoms with Crippen LogP contribution < -0.4 is 4.74 Å². The minimum Gasteiger partial charge on any atom is -0.489 e. The quantitative estimate of drug-likeness (QED) is 0.414. The standard InChI is InChI=1S/C29H32FNO3/c1-29(2,3)15-22-11-19(7-10-26(22)23-12-24(30)17-31-16-23)18-34-25-9-8-20-5-4-6-21(13-28(32)33)27(20)14-25/h7-12,14,16-17,21H,4-6,13,15,18H2,1-3H3,(H,32,33). The van der Waals surface area contributed by atoms with Crippen molar-refractivity contribution in [3.05, 3.63) is 82.9 Å². The number of benzene rings is 2. The summed E-state index contributed by atoms with van der Waals surface area (Å²) in [6.07, 6.45) is 6.81. The van der Waals surface area contributed by atoms with Crippen molar-refractivity contribution >= 4 is 5.97 Å². The van der Waals surface area contributed by atoms with Crippen molar-refractivity contribution in [3.63, 3.8) is 0 Å². The van der Waals surface area contributed by atoms with Crippen LogP contribution >= 0.6 is 0 Å². The second-order valence-electron chi connectivity index (χ2n) is 10.5. The van der Waals surface area contributed by atoms with Crippen LogP contribution in [-0.4, -0.2) is 16.1 Å². The summed E-state index contributed by atoms with van der Waals surface area (Å²) in [6, 6.07) is 13.8. The summed E-state index contributed by atoms with van der Waals surface area (Å²) < 4.78 is 20.0. The lowest BCUT2D eigenvalue weighted by molar-refractivity contribution is -0.137. The number of carboxylic acids is 1. The van der Waals surface area contributed by atoms with E-state index in [1.54, 1.807) is 6.20 Å². The monoisotopic (exact) mass is 461 g/mol. The van der Waals surface area contributed by atoms with Gasteiger partial charge >= 0.3 is 5.97 Å². The molecule has 34 heavy (non-hydrogen) atoms. The number of carbonyl (C=O) groups is 1. The number of aromatic nitrogens is 1. The van der Waals surface area contributed by atoms with Crippen molar-refractivity contribution in [2.24, 2.45) is 5.41 Å². The third kappa shape index (κ3) is 6.02. The molecule has 1 atom stereocenters. The Morgan fingerprint density at radius 1 is 1.15 bits per heavy atom. The van der Waals surface area contributed by atoms with E-state index >= 15 is 0 Å². The predicted octanol–water partition coefficient (Wildman–Crippen LogP) is 6.95. The van der Waals surface area contributed by atoms with Gasteiger partial charge in [0.1, 0.15) is 18.2 Å². The van der Waals surface area contributed by atoms with E-state index in [0.29, 0.717) is 6.61 Å². The molecule has 4 rings (SSSR count). The minimum atomic E-state index is -0.760. The van der Waals surface area contributed by atoms with Gasteiger partial charge in [0.25, 0.3) is 0 Å². The van der Waals surface area contributed by atoms with Gasteiger partial charge in [-0.15, -0.1) is 0 Å². The number of aliphatic carboxylic acids is 1. The Hall–Kier alpha value is -3.21. The maximum Gasteiger partial charge on any atom is 0.303 e. The molecule has 0 spiro atoms. The molecule has 0 aliphatic heterocycles. The van der Waals surface area contributed by atoms with Crippen molar-refractivity contribution in [2.75, 3.05) is 0 Å². The van der Waals surface area contributed by atoms with Gasteiger partial charge in [-0.2, -0.15) is 0 Å². The van der Waals surface area contributed by atoms with Gasteiger partial charge in [0.15, 0.2) is 0 Å². The Balaban J connectivity index is 1.56. The molecule has 1 N–H and O–H groups in total. The first-order chi connectivity index (χ1) is 16.2. The summed E-state index contributed by atoms with van der Waals surface area (Å²) in [5.74, 6) is -0.307. The summed E-state index contributed by atoms with van der Waals surface area (Å²) in [5.41, 5.74) is 6.31. The van der Waals surface area contributed by atoms with E-state index in [1.165, 1.54) is 17.8 Å². The molecule has 1 aliphatic rings. The number of hydrogen-bond acceptors (Lipinski definition) is 3. The first-order valence-electron chi connectivity index (χ1n) is 11.9. The summed E-state index contributed by atoms with van der Waals surface area (Å²) >= 11 is 0. The minimum absolute atomic E-state index is 0.0438. The van der Waals surface area contributed by atoms with Crippen molar-refractivity contribution in [2.45, 2.75) is 65.4 Å². The number of aryl methyl sites for hydroxylation is 1. The topological polar surface area (TPSA) is 59.4 Å². The van der Waals surface area contributed by atoms with Crippen LogP contribution in [0.3, 0.4) is 0 Å². The number of carboxylic acid groups (broad SMARTS) is 1. The van der Waals surface area contributed by atoms with Crippen LogP contribution in [-0.2, 0) is 24.2 Å². The lowest BCUT2D eigenvalue weighted by atomic mass is 9.81. The van der Waals surface area contributed by atoms with Crippen LogP contribution in [0.15, 0.2) is 54.9 Å². The van der Waals surface area contributed by atoms with E-state index in [4.69, 9.17) is 4.74 Å². The molecule has 0 bridgehead atoms. The molecule has 1 unspecified atom stereocenters. The van der Waals surface area contributed by atoms with Crippen LogP contribution in [0.25, 0.3) is 11.1 Å². The van der Waals surface area contributed by atoms with E-state index in [2.05, 4.69) is 37.9 Å². The van der Waals surface area contributed by atoms with Gasteiger partial charge in [0.05, 0.1) is 12.6 Å². The SMILES string of the molecule is CC(C)(C)Cc1cc(COc2ccc3c(c2)C(CC(=O)O)CCC3)ccc1-c1cncc(F)c1. The number of fused-ring (bicyclic) bond motifs is 1. The molecule has 1 aromatic heterocycles. The molecule has 3 aromatic rings. The Kier molecular flexibility index (Phi) is 7.01. The van der Waals surface area contributed by atoms with E-state index in [0.717, 1.165) is 59.3 Å². The summed E-state index contributed by atoms with van der Waals surface area (Å²) in [5, 5.41) is 9.28. The fraction of sp³-hybridized carbons (Fsp3) is 0.379. The highest BCUT2D eigenvalue weighted by Gasteiger charge is 2.23. The highest BCUT2D eigenvalue weighted by atomic mass is 19.1. The third-order valence-corrected chi connectivity index (χ3v) is 6.29. The van der Waals surface area contributed by atoms with Gasteiger partial charge < -0.3 is 9.84 Å². The van der Waals surface area contributed by atoms with Gasteiger partial charge in [-0.1, -0.05) is 45.0 Å². The van der Waals surface area contributed by atoms with Crippen LogP contribution in [0.5, 0.6) is 5.75 Å². The van der Waals surface area contributed by atoms with E-state index in [9.17, 15) is 14.3 Å². The Morgan fingerprint density at radius 2 is 1.97 bits per heavy atom. The average Bonchev–Trinajstić information content (AvgIpc) is 2.76. The first-order valence-corrected chi connectivity index (χ1v) is 11.9. The normalized spacial score (nSPS) is 15.6. The molecular weight excluding hydrogens is 429 g/mol. The third-order valence-electron chi connectivity index (χ3n) is 6.29. The molecule has 4 nitrogen and oxygen atoms in total.